The van der Waals surface area contributed by atoms with Gasteiger partial charge in [0.05, 0.1) is 11.9 Å². The molecule has 2 rings (SSSR count). The highest BCUT2D eigenvalue weighted by molar-refractivity contribution is 7.92. The minimum atomic E-state index is -3.30. The minimum absolute atomic E-state index is 0.000921. The normalized spacial score (nSPS) is 22.3. The third-order valence-electron chi connectivity index (χ3n) is 2.88. The number of carbonyl (C=O) groups excluding carboxylic acids is 1. The van der Waals surface area contributed by atoms with Crippen LogP contribution in [-0.2, 0) is 14.8 Å². The Balaban J connectivity index is 2.05. The molecule has 5 nitrogen and oxygen atoms in total. The molecule has 1 fully saturated rings. The number of carbonyl (C=O) groups is 1. The maximum atomic E-state index is 11.7. The lowest BCUT2D eigenvalue weighted by Gasteiger charge is -2.08. The van der Waals surface area contributed by atoms with Crippen LogP contribution in [0.1, 0.15) is 13.3 Å². The van der Waals surface area contributed by atoms with E-state index in [0.717, 1.165) is 12.7 Å². The van der Waals surface area contributed by atoms with Crippen LogP contribution < -0.4 is 10.0 Å². The van der Waals surface area contributed by atoms with E-state index in [2.05, 4.69) is 10.0 Å². The van der Waals surface area contributed by atoms with Crippen molar-refractivity contribution in [3.8, 4) is 0 Å². The molecule has 0 radical (unpaired) electrons. The second-order valence-electron chi connectivity index (χ2n) is 4.76. The Labute approximate surface area is 107 Å². The summed E-state index contributed by atoms with van der Waals surface area (Å²) in [7, 11) is -3.30. The van der Waals surface area contributed by atoms with Gasteiger partial charge in [0.15, 0.2) is 0 Å². The number of hydrogen-bond acceptors (Lipinski definition) is 3. The molecule has 0 unspecified atom stereocenters. The number of hydrogen-bond donors (Lipinski definition) is 2. The van der Waals surface area contributed by atoms with Crippen LogP contribution in [0.4, 0.5) is 11.4 Å². The van der Waals surface area contributed by atoms with Gasteiger partial charge in [0, 0.05) is 11.6 Å². The molecule has 1 amide bonds. The second-order valence-corrected chi connectivity index (χ2v) is 6.51. The first-order valence-electron chi connectivity index (χ1n) is 5.74. The van der Waals surface area contributed by atoms with E-state index >= 15 is 0 Å². The zero-order chi connectivity index (χ0) is 13.3. The maximum Gasteiger partial charge on any atom is 0.229 e. The zero-order valence-electron chi connectivity index (χ0n) is 10.3. The van der Waals surface area contributed by atoms with Gasteiger partial charge in [0.25, 0.3) is 0 Å². The van der Waals surface area contributed by atoms with Gasteiger partial charge in [0.2, 0.25) is 15.9 Å². The summed E-state index contributed by atoms with van der Waals surface area (Å²) in [6.45, 7) is 2.03. The molecule has 2 atom stereocenters. The van der Waals surface area contributed by atoms with Crippen molar-refractivity contribution in [1.82, 2.24) is 0 Å². The molecule has 0 aliphatic heterocycles. The van der Waals surface area contributed by atoms with Crippen LogP contribution in [0.25, 0.3) is 0 Å². The fraction of sp³-hybridized carbons (Fsp3) is 0.417. The van der Waals surface area contributed by atoms with Crippen LogP contribution in [0.5, 0.6) is 0 Å². The number of amides is 1. The van der Waals surface area contributed by atoms with Crippen LogP contribution in [0, 0.1) is 11.8 Å². The summed E-state index contributed by atoms with van der Waals surface area (Å²) in [6.07, 6.45) is 2.01. The lowest BCUT2D eigenvalue weighted by molar-refractivity contribution is -0.117. The predicted octanol–water partition coefficient (Wildman–Crippen LogP) is 1.65. The van der Waals surface area contributed by atoms with Crippen molar-refractivity contribution < 1.29 is 13.2 Å². The Morgan fingerprint density at radius 1 is 1.33 bits per heavy atom. The van der Waals surface area contributed by atoms with Gasteiger partial charge in [-0.1, -0.05) is 13.0 Å². The van der Waals surface area contributed by atoms with Gasteiger partial charge >= 0.3 is 0 Å². The number of sulfonamides is 1. The van der Waals surface area contributed by atoms with Crippen molar-refractivity contribution in [2.75, 3.05) is 16.3 Å². The average Bonchev–Trinajstić information content (AvgIpc) is 2.93. The lowest BCUT2D eigenvalue weighted by atomic mass is 10.2. The molecular formula is C12H16N2O3S. The number of anilines is 2. The van der Waals surface area contributed by atoms with Crippen molar-refractivity contribution in [2.24, 2.45) is 11.8 Å². The van der Waals surface area contributed by atoms with Gasteiger partial charge in [0.1, 0.15) is 0 Å². The van der Waals surface area contributed by atoms with Gasteiger partial charge in [-0.2, -0.15) is 0 Å². The van der Waals surface area contributed by atoms with Crippen LogP contribution >= 0.6 is 0 Å². The highest BCUT2D eigenvalue weighted by atomic mass is 32.2. The van der Waals surface area contributed by atoms with Crippen molar-refractivity contribution in [3.63, 3.8) is 0 Å². The van der Waals surface area contributed by atoms with Gasteiger partial charge < -0.3 is 5.32 Å². The molecular weight excluding hydrogens is 252 g/mol. The molecule has 0 bridgehead atoms. The maximum absolute atomic E-state index is 11.7. The van der Waals surface area contributed by atoms with E-state index in [1.807, 2.05) is 6.92 Å². The smallest absolute Gasteiger partial charge is 0.229 e. The summed E-state index contributed by atoms with van der Waals surface area (Å²) >= 11 is 0. The molecule has 1 saturated carbocycles. The third-order valence-corrected chi connectivity index (χ3v) is 3.49. The summed E-state index contributed by atoms with van der Waals surface area (Å²) in [6, 6.07) is 6.67. The van der Waals surface area contributed by atoms with Gasteiger partial charge in [-0.25, -0.2) is 8.42 Å². The summed E-state index contributed by atoms with van der Waals surface area (Å²) < 4.78 is 24.6. The van der Waals surface area contributed by atoms with Gasteiger partial charge in [-0.15, -0.1) is 0 Å². The van der Waals surface area contributed by atoms with E-state index in [9.17, 15) is 13.2 Å². The molecule has 2 N–H and O–H groups in total. The Kier molecular flexibility index (Phi) is 3.30. The molecule has 1 aromatic rings. The molecule has 1 aliphatic carbocycles. The Hall–Kier alpha value is -1.56. The average molecular weight is 268 g/mol. The fourth-order valence-electron chi connectivity index (χ4n) is 1.80. The van der Waals surface area contributed by atoms with Crippen molar-refractivity contribution in [1.29, 1.82) is 0 Å². The SMILES string of the molecule is C[C@H]1C[C@@H]1C(=O)Nc1cccc(NS(C)(=O)=O)c1. The number of benzene rings is 1. The third kappa shape index (κ3) is 3.46. The molecule has 98 valence electrons. The molecule has 0 heterocycles. The Morgan fingerprint density at radius 3 is 2.50 bits per heavy atom. The van der Waals surface area contributed by atoms with Crippen LogP contribution in [0.2, 0.25) is 0 Å². The molecule has 0 spiro atoms. The summed E-state index contributed by atoms with van der Waals surface area (Å²) in [5.74, 6) is 0.540. The van der Waals surface area contributed by atoms with E-state index < -0.39 is 10.0 Å². The predicted molar refractivity (Wildman–Crippen MR) is 70.8 cm³/mol. The van der Waals surface area contributed by atoms with Crippen molar-refractivity contribution in [3.05, 3.63) is 24.3 Å². The molecule has 1 aromatic carbocycles. The van der Waals surface area contributed by atoms with E-state index in [-0.39, 0.29) is 11.8 Å². The van der Waals surface area contributed by atoms with Crippen molar-refractivity contribution >= 4 is 27.3 Å². The van der Waals surface area contributed by atoms with Crippen LogP contribution in [0.15, 0.2) is 24.3 Å². The topological polar surface area (TPSA) is 75.3 Å². The lowest BCUT2D eigenvalue weighted by Crippen LogP contribution is -2.15. The van der Waals surface area contributed by atoms with E-state index in [1.165, 1.54) is 0 Å². The van der Waals surface area contributed by atoms with Crippen molar-refractivity contribution in [2.45, 2.75) is 13.3 Å². The van der Waals surface area contributed by atoms with Crippen LogP contribution in [-0.4, -0.2) is 20.6 Å². The minimum Gasteiger partial charge on any atom is -0.326 e. The summed E-state index contributed by atoms with van der Waals surface area (Å²) in [5.41, 5.74) is 1.05. The first kappa shape index (κ1) is 12.9. The number of nitrogens with one attached hydrogen (secondary N) is 2. The second kappa shape index (κ2) is 4.61. The highest BCUT2D eigenvalue weighted by Crippen LogP contribution is 2.38. The number of rotatable bonds is 4. The standard InChI is InChI=1S/C12H16N2O3S/c1-8-6-11(8)12(15)13-9-4-3-5-10(7-9)14-18(2,16)17/h3-5,7-8,11,14H,6H2,1-2H3,(H,13,15)/t8-,11-/m0/s1. The van der Waals surface area contributed by atoms with Gasteiger partial charge in [-0.05, 0) is 30.5 Å². The highest BCUT2D eigenvalue weighted by Gasteiger charge is 2.39. The quantitative estimate of drug-likeness (QED) is 0.872. The largest absolute Gasteiger partial charge is 0.326 e. The first-order valence-corrected chi connectivity index (χ1v) is 7.63. The first-order chi connectivity index (χ1) is 8.35. The molecule has 0 saturated heterocycles. The van der Waals surface area contributed by atoms with Crippen LogP contribution in [0.3, 0.4) is 0 Å². The summed E-state index contributed by atoms with van der Waals surface area (Å²) in [5, 5.41) is 2.79. The Bertz CT molecular complexity index is 568. The van der Waals surface area contributed by atoms with E-state index in [4.69, 9.17) is 0 Å². The fourth-order valence-corrected chi connectivity index (χ4v) is 2.35. The zero-order valence-corrected chi connectivity index (χ0v) is 11.1. The van der Waals surface area contributed by atoms with E-state index in [0.29, 0.717) is 17.3 Å². The molecule has 1 aliphatic rings. The Morgan fingerprint density at radius 2 is 1.94 bits per heavy atom. The molecule has 18 heavy (non-hydrogen) atoms. The molecule has 0 aromatic heterocycles. The van der Waals surface area contributed by atoms with E-state index in [1.54, 1.807) is 24.3 Å². The van der Waals surface area contributed by atoms with Gasteiger partial charge in [-0.3, -0.25) is 9.52 Å². The molecule has 6 heteroatoms. The summed E-state index contributed by atoms with van der Waals surface area (Å²) in [4.78, 5) is 11.7. The monoisotopic (exact) mass is 268 g/mol.